The maximum atomic E-state index is 13.3. The molecule has 0 aromatic heterocycles. The normalized spacial score (nSPS) is 12.3. The summed E-state index contributed by atoms with van der Waals surface area (Å²) in [6.07, 6.45) is 0. The smallest absolute Gasteiger partial charge is 0.196 e. The van der Waals surface area contributed by atoms with E-state index in [4.69, 9.17) is 11.5 Å². The zero-order chi connectivity index (χ0) is 23.3. The van der Waals surface area contributed by atoms with Crippen molar-refractivity contribution in [1.82, 2.24) is 0 Å². The number of ketones is 2. The average molecular weight is 470 g/mol. The SMILES string of the molecule is Nc1ccc(-c2ccc(Nc3cc(S)c(N)c4c3C(=O)c3ccccc3C4=O)cc2)c(S)c1. The van der Waals surface area contributed by atoms with Gasteiger partial charge in [0.25, 0.3) is 0 Å². The van der Waals surface area contributed by atoms with Crippen LogP contribution < -0.4 is 16.8 Å². The van der Waals surface area contributed by atoms with Crippen molar-refractivity contribution in [3.63, 3.8) is 0 Å². The van der Waals surface area contributed by atoms with Crippen molar-refractivity contribution < 1.29 is 9.59 Å². The molecule has 0 atom stereocenters. The van der Waals surface area contributed by atoms with E-state index in [1.807, 2.05) is 36.4 Å². The van der Waals surface area contributed by atoms with Gasteiger partial charge in [-0.1, -0.05) is 42.5 Å². The Morgan fingerprint density at radius 1 is 0.667 bits per heavy atom. The number of carbonyl (C=O) groups is 2. The summed E-state index contributed by atoms with van der Waals surface area (Å²) in [5, 5.41) is 3.27. The number of fused-ring (bicyclic) bond motifs is 2. The largest absolute Gasteiger partial charge is 0.399 e. The maximum Gasteiger partial charge on any atom is 0.196 e. The van der Waals surface area contributed by atoms with Gasteiger partial charge >= 0.3 is 0 Å². The van der Waals surface area contributed by atoms with Crippen LogP contribution in [-0.4, -0.2) is 11.6 Å². The molecule has 5 N–H and O–H groups in total. The fourth-order valence-electron chi connectivity index (χ4n) is 4.08. The first-order valence-electron chi connectivity index (χ1n) is 10.1. The van der Waals surface area contributed by atoms with Crippen molar-refractivity contribution in [2.45, 2.75) is 9.79 Å². The summed E-state index contributed by atoms with van der Waals surface area (Å²) < 4.78 is 0. The first kappa shape index (κ1) is 21.2. The number of rotatable bonds is 3. The van der Waals surface area contributed by atoms with Gasteiger partial charge in [0.1, 0.15) is 0 Å². The third-order valence-electron chi connectivity index (χ3n) is 5.71. The van der Waals surface area contributed by atoms with E-state index in [0.29, 0.717) is 27.4 Å². The maximum absolute atomic E-state index is 13.3. The third kappa shape index (κ3) is 3.55. The Morgan fingerprint density at radius 3 is 1.94 bits per heavy atom. The molecule has 1 aliphatic carbocycles. The second-order valence-electron chi connectivity index (χ2n) is 7.79. The summed E-state index contributed by atoms with van der Waals surface area (Å²) in [5.74, 6) is -0.530. The molecule has 33 heavy (non-hydrogen) atoms. The summed E-state index contributed by atoms with van der Waals surface area (Å²) in [6.45, 7) is 0. The summed E-state index contributed by atoms with van der Waals surface area (Å²) in [5.41, 5.74) is 17.2. The van der Waals surface area contributed by atoms with Crippen LogP contribution >= 0.6 is 25.3 Å². The van der Waals surface area contributed by atoms with Crippen LogP contribution in [0.2, 0.25) is 0 Å². The average Bonchev–Trinajstić information content (AvgIpc) is 2.80. The zero-order valence-corrected chi connectivity index (χ0v) is 19.1. The Bertz CT molecular complexity index is 1460. The van der Waals surface area contributed by atoms with Gasteiger partial charge in [0.15, 0.2) is 11.6 Å². The molecule has 0 unspecified atom stereocenters. The van der Waals surface area contributed by atoms with Gasteiger partial charge in [-0.2, -0.15) is 0 Å². The van der Waals surface area contributed by atoms with Crippen molar-refractivity contribution in [2.24, 2.45) is 0 Å². The number of nitrogens with two attached hydrogens (primary N) is 2. The first-order chi connectivity index (χ1) is 15.8. The van der Waals surface area contributed by atoms with Crippen LogP contribution in [0.15, 0.2) is 82.6 Å². The Labute approximate surface area is 201 Å². The van der Waals surface area contributed by atoms with E-state index in [0.717, 1.165) is 21.7 Å². The van der Waals surface area contributed by atoms with Crippen LogP contribution in [0.4, 0.5) is 22.7 Å². The van der Waals surface area contributed by atoms with E-state index < -0.39 is 0 Å². The second-order valence-corrected chi connectivity index (χ2v) is 8.75. The predicted octanol–water partition coefficient (Wildman–Crippen LogP) is 5.61. The fraction of sp³-hybridized carbons (Fsp3) is 0. The minimum absolute atomic E-state index is 0.187. The molecule has 0 saturated heterocycles. The van der Waals surface area contributed by atoms with Crippen molar-refractivity contribution >= 4 is 59.6 Å². The van der Waals surface area contributed by atoms with Gasteiger partial charge in [0.2, 0.25) is 0 Å². The van der Waals surface area contributed by atoms with E-state index in [-0.39, 0.29) is 28.4 Å². The van der Waals surface area contributed by atoms with Gasteiger partial charge < -0.3 is 16.8 Å². The van der Waals surface area contributed by atoms with Crippen molar-refractivity contribution in [3.05, 3.63) is 95.1 Å². The molecule has 0 spiro atoms. The summed E-state index contributed by atoms with van der Waals surface area (Å²) in [6, 6.07) is 21.7. The predicted molar refractivity (Wildman–Crippen MR) is 138 cm³/mol. The van der Waals surface area contributed by atoms with Gasteiger partial charge in [-0.15, -0.1) is 25.3 Å². The van der Waals surface area contributed by atoms with Gasteiger partial charge in [0, 0.05) is 32.3 Å². The lowest BCUT2D eigenvalue weighted by Gasteiger charge is -2.23. The van der Waals surface area contributed by atoms with E-state index in [1.54, 1.807) is 36.4 Å². The van der Waals surface area contributed by atoms with Crippen LogP contribution in [0.25, 0.3) is 11.1 Å². The van der Waals surface area contributed by atoms with Gasteiger partial charge in [-0.3, -0.25) is 9.59 Å². The lowest BCUT2D eigenvalue weighted by atomic mass is 9.82. The highest BCUT2D eigenvalue weighted by Crippen LogP contribution is 2.40. The Kier molecular flexibility index (Phi) is 5.15. The number of thiol groups is 2. The first-order valence-corrected chi connectivity index (χ1v) is 11.0. The number of anilines is 4. The molecule has 162 valence electrons. The summed E-state index contributed by atoms with van der Waals surface area (Å²) in [7, 11) is 0. The van der Waals surface area contributed by atoms with Gasteiger partial charge in [0.05, 0.1) is 22.5 Å². The molecule has 5 rings (SSSR count). The van der Waals surface area contributed by atoms with Crippen LogP contribution in [0.3, 0.4) is 0 Å². The lowest BCUT2D eigenvalue weighted by molar-refractivity contribution is 0.0980. The summed E-state index contributed by atoms with van der Waals surface area (Å²) in [4.78, 5) is 27.7. The van der Waals surface area contributed by atoms with Crippen molar-refractivity contribution in [1.29, 1.82) is 0 Å². The number of benzene rings is 4. The summed E-state index contributed by atoms with van der Waals surface area (Å²) >= 11 is 8.96. The third-order valence-corrected chi connectivity index (χ3v) is 6.45. The molecule has 0 amide bonds. The Balaban J connectivity index is 1.56. The molecule has 4 aromatic rings. The highest BCUT2D eigenvalue weighted by molar-refractivity contribution is 7.80. The molecular formula is C26H19N3O2S2. The fourth-order valence-corrected chi connectivity index (χ4v) is 4.68. The molecule has 0 radical (unpaired) electrons. The number of hydrogen-bond acceptors (Lipinski definition) is 7. The Morgan fingerprint density at radius 2 is 1.30 bits per heavy atom. The molecular weight excluding hydrogens is 450 g/mol. The van der Waals surface area contributed by atoms with Crippen LogP contribution in [-0.2, 0) is 0 Å². The molecule has 0 fully saturated rings. The topological polar surface area (TPSA) is 98.2 Å². The molecule has 0 bridgehead atoms. The van der Waals surface area contributed by atoms with E-state index in [9.17, 15) is 9.59 Å². The van der Waals surface area contributed by atoms with Crippen molar-refractivity contribution in [3.8, 4) is 11.1 Å². The minimum Gasteiger partial charge on any atom is -0.399 e. The lowest BCUT2D eigenvalue weighted by Crippen LogP contribution is -2.24. The second kappa shape index (κ2) is 8.03. The number of carbonyl (C=O) groups excluding carboxylic acids is 2. The minimum atomic E-state index is -0.281. The van der Waals surface area contributed by atoms with Gasteiger partial charge in [-0.25, -0.2) is 0 Å². The van der Waals surface area contributed by atoms with E-state index in [2.05, 4.69) is 30.6 Å². The van der Waals surface area contributed by atoms with Crippen LogP contribution in [0, 0.1) is 0 Å². The van der Waals surface area contributed by atoms with E-state index >= 15 is 0 Å². The highest BCUT2D eigenvalue weighted by Gasteiger charge is 2.34. The molecule has 0 heterocycles. The molecule has 0 saturated carbocycles. The number of hydrogen-bond donors (Lipinski definition) is 5. The Hall–Kier alpha value is -3.68. The standard InChI is InChI=1S/C26H19N3O2S2/c27-14-7-10-16(20(32)11-14)13-5-8-15(9-6-13)29-19-12-21(33)24(28)23-22(19)25(30)17-3-1-2-4-18(17)26(23)31/h1-12,29,32-33H,27-28H2. The zero-order valence-electron chi connectivity index (χ0n) is 17.3. The quantitative estimate of drug-likeness (QED) is 0.175. The monoisotopic (exact) mass is 469 g/mol. The molecule has 0 aliphatic heterocycles. The highest BCUT2D eigenvalue weighted by atomic mass is 32.1. The molecule has 7 heteroatoms. The van der Waals surface area contributed by atoms with Crippen LogP contribution in [0.1, 0.15) is 31.8 Å². The number of nitrogens with one attached hydrogen (secondary N) is 1. The molecule has 1 aliphatic rings. The van der Waals surface area contributed by atoms with Crippen molar-refractivity contribution in [2.75, 3.05) is 16.8 Å². The number of nitrogen functional groups attached to an aromatic ring is 2. The molecule has 4 aromatic carbocycles. The van der Waals surface area contributed by atoms with Crippen LogP contribution in [0.5, 0.6) is 0 Å². The van der Waals surface area contributed by atoms with E-state index in [1.165, 1.54) is 0 Å². The molecule has 5 nitrogen and oxygen atoms in total. The van der Waals surface area contributed by atoms with Gasteiger partial charge in [-0.05, 0) is 41.5 Å².